The quantitative estimate of drug-likeness (QED) is 0.837. The van der Waals surface area contributed by atoms with Gasteiger partial charge in [-0.1, -0.05) is 25.1 Å². The van der Waals surface area contributed by atoms with Gasteiger partial charge in [0.15, 0.2) is 11.5 Å². The number of hydrogen-bond donors (Lipinski definition) is 0. The smallest absolute Gasteiger partial charge is 0.231 e. The van der Waals surface area contributed by atoms with Gasteiger partial charge in [0.2, 0.25) is 6.79 Å². The van der Waals surface area contributed by atoms with Crippen LogP contribution in [0.4, 0.5) is 0 Å². The van der Waals surface area contributed by atoms with Crippen LogP contribution in [0.2, 0.25) is 0 Å². The highest BCUT2D eigenvalue weighted by Crippen LogP contribution is 2.43. The number of rotatable bonds is 5. The van der Waals surface area contributed by atoms with Gasteiger partial charge >= 0.3 is 0 Å². The molecule has 1 aliphatic heterocycles. The number of ether oxygens (including phenoxy) is 4. The summed E-state index contributed by atoms with van der Waals surface area (Å²) < 4.78 is 22.2. The predicted molar refractivity (Wildman–Crippen MR) is 84.2 cm³/mol. The van der Waals surface area contributed by atoms with Gasteiger partial charge in [-0.25, -0.2) is 0 Å². The van der Waals surface area contributed by atoms with Gasteiger partial charge < -0.3 is 18.9 Å². The van der Waals surface area contributed by atoms with Crippen molar-refractivity contribution in [1.82, 2.24) is 0 Å². The van der Waals surface area contributed by atoms with Gasteiger partial charge in [-0.2, -0.15) is 0 Å². The maximum Gasteiger partial charge on any atom is 0.231 e. The molecule has 22 heavy (non-hydrogen) atoms. The van der Waals surface area contributed by atoms with E-state index < -0.39 is 0 Å². The van der Waals surface area contributed by atoms with Crippen LogP contribution in [0.15, 0.2) is 36.4 Å². The fourth-order valence-electron chi connectivity index (χ4n) is 2.75. The lowest BCUT2D eigenvalue weighted by Crippen LogP contribution is -2.03. The van der Waals surface area contributed by atoms with Crippen LogP contribution < -0.4 is 18.9 Å². The molecule has 0 saturated heterocycles. The zero-order chi connectivity index (χ0) is 15.5. The Balaban J connectivity index is 2.06. The molecule has 0 bridgehead atoms. The molecule has 4 nitrogen and oxygen atoms in total. The largest absolute Gasteiger partial charge is 0.496 e. The topological polar surface area (TPSA) is 36.9 Å². The number of benzene rings is 2. The summed E-state index contributed by atoms with van der Waals surface area (Å²) in [6, 6.07) is 11.9. The molecule has 0 aliphatic carbocycles. The summed E-state index contributed by atoms with van der Waals surface area (Å²) in [6.07, 6.45) is 0. The molecule has 3 rings (SSSR count). The first-order valence-corrected chi connectivity index (χ1v) is 7.43. The molecule has 1 heterocycles. The van der Waals surface area contributed by atoms with Gasteiger partial charge in [-0.15, -0.1) is 0 Å². The molecule has 0 amide bonds. The normalized spacial score (nSPS) is 13.8. The lowest BCUT2D eigenvalue weighted by Gasteiger charge is -2.19. The Morgan fingerprint density at radius 1 is 1.05 bits per heavy atom. The Bertz CT molecular complexity index is 666. The summed E-state index contributed by atoms with van der Waals surface area (Å²) in [5.41, 5.74) is 2.18. The third-order valence-electron chi connectivity index (χ3n) is 3.88. The van der Waals surface area contributed by atoms with E-state index in [0.29, 0.717) is 6.61 Å². The number of methoxy groups -OCH3 is 1. The molecule has 116 valence electrons. The highest BCUT2D eigenvalue weighted by molar-refractivity contribution is 5.55. The second-order valence-electron chi connectivity index (χ2n) is 5.14. The van der Waals surface area contributed by atoms with Gasteiger partial charge in [0.05, 0.1) is 13.7 Å². The first-order valence-electron chi connectivity index (χ1n) is 7.43. The van der Waals surface area contributed by atoms with Crippen molar-refractivity contribution in [2.75, 3.05) is 20.5 Å². The van der Waals surface area contributed by atoms with Crippen LogP contribution >= 0.6 is 0 Å². The maximum atomic E-state index is 5.80. The summed E-state index contributed by atoms with van der Waals surface area (Å²) in [5.74, 6) is 3.31. The molecule has 0 aromatic heterocycles. The van der Waals surface area contributed by atoms with Crippen LogP contribution in [0.25, 0.3) is 0 Å². The van der Waals surface area contributed by atoms with Gasteiger partial charge in [0.25, 0.3) is 0 Å². The molecule has 0 spiro atoms. The Hall–Kier alpha value is -2.36. The molecule has 0 N–H and O–H groups in total. The zero-order valence-corrected chi connectivity index (χ0v) is 13.1. The average molecular weight is 300 g/mol. The first-order chi connectivity index (χ1) is 10.7. The van der Waals surface area contributed by atoms with Crippen molar-refractivity contribution in [2.24, 2.45) is 0 Å². The monoisotopic (exact) mass is 300 g/mol. The molecule has 0 unspecified atom stereocenters. The molecule has 0 radical (unpaired) electrons. The van der Waals surface area contributed by atoms with Crippen LogP contribution in [-0.4, -0.2) is 20.5 Å². The van der Waals surface area contributed by atoms with Crippen molar-refractivity contribution in [2.45, 2.75) is 19.8 Å². The SMILES string of the molecule is CCOc1cc2c(cc1[C@@H](C)c1ccccc1OC)OCO2. The Labute approximate surface area is 130 Å². The van der Waals surface area contributed by atoms with Crippen LogP contribution in [-0.2, 0) is 0 Å². The summed E-state index contributed by atoms with van der Waals surface area (Å²) >= 11 is 0. The molecule has 0 saturated carbocycles. The van der Waals surface area contributed by atoms with E-state index in [1.165, 1.54) is 0 Å². The number of fused-ring (bicyclic) bond motifs is 1. The molecule has 2 aromatic rings. The van der Waals surface area contributed by atoms with E-state index in [4.69, 9.17) is 18.9 Å². The molecule has 1 atom stereocenters. The Morgan fingerprint density at radius 2 is 1.77 bits per heavy atom. The summed E-state index contributed by atoms with van der Waals surface area (Å²) in [5, 5.41) is 0. The Kier molecular flexibility index (Phi) is 4.09. The number of para-hydroxylation sites is 1. The van der Waals surface area contributed by atoms with Crippen molar-refractivity contribution in [3.63, 3.8) is 0 Å². The lowest BCUT2D eigenvalue weighted by atomic mass is 9.91. The van der Waals surface area contributed by atoms with E-state index in [2.05, 4.69) is 13.0 Å². The molecule has 2 aromatic carbocycles. The fraction of sp³-hybridized carbons (Fsp3) is 0.333. The lowest BCUT2D eigenvalue weighted by molar-refractivity contribution is 0.173. The van der Waals surface area contributed by atoms with Gasteiger partial charge in [-0.05, 0) is 19.1 Å². The maximum absolute atomic E-state index is 5.80. The molecular weight excluding hydrogens is 280 g/mol. The highest BCUT2D eigenvalue weighted by Gasteiger charge is 2.23. The highest BCUT2D eigenvalue weighted by atomic mass is 16.7. The van der Waals surface area contributed by atoms with Crippen molar-refractivity contribution in [3.8, 4) is 23.0 Å². The fourth-order valence-corrected chi connectivity index (χ4v) is 2.75. The first kappa shape index (κ1) is 14.6. The minimum absolute atomic E-state index is 0.118. The van der Waals surface area contributed by atoms with E-state index in [9.17, 15) is 0 Å². The molecule has 1 aliphatic rings. The van der Waals surface area contributed by atoms with Crippen molar-refractivity contribution in [3.05, 3.63) is 47.5 Å². The second-order valence-corrected chi connectivity index (χ2v) is 5.14. The molecular formula is C18H20O4. The van der Waals surface area contributed by atoms with Gasteiger partial charge in [0.1, 0.15) is 11.5 Å². The third kappa shape index (κ3) is 2.56. The predicted octanol–water partition coefficient (Wildman–Crippen LogP) is 3.97. The van der Waals surface area contributed by atoms with E-state index in [-0.39, 0.29) is 12.7 Å². The van der Waals surface area contributed by atoms with Crippen LogP contribution in [0.3, 0.4) is 0 Å². The van der Waals surface area contributed by atoms with E-state index in [1.807, 2.05) is 37.3 Å². The van der Waals surface area contributed by atoms with Crippen molar-refractivity contribution < 1.29 is 18.9 Å². The average Bonchev–Trinajstić information content (AvgIpc) is 3.01. The van der Waals surface area contributed by atoms with Gasteiger partial charge in [-0.3, -0.25) is 0 Å². The standard InChI is InChI=1S/C18H20O4/c1-4-20-16-10-18-17(21-11-22-18)9-14(16)12(2)13-7-5-6-8-15(13)19-3/h5-10,12H,4,11H2,1-3H3/t12-/m0/s1. The van der Waals surface area contributed by atoms with Crippen molar-refractivity contribution >= 4 is 0 Å². The molecule has 0 fully saturated rings. The summed E-state index contributed by atoms with van der Waals surface area (Å²) in [4.78, 5) is 0. The van der Waals surface area contributed by atoms with Crippen LogP contribution in [0, 0.1) is 0 Å². The number of hydrogen-bond acceptors (Lipinski definition) is 4. The van der Waals surface area contributed by atoms with E-state index in [1.54, 1.807) is 7.11 Å². The van der Waals surface area contributed by atoms with Crippen LogP contribution in [0.5, 0.6) is 23.0 Å². The van der Waals surface area contributed by atoms with E-state index >= 15 is 0 Å². The van der Waals surface area contributed by atoms with Crippen molar-refractivity contribution in [1.29, 1.82) is 0 Å². The molecule has 4 heteroatoms. The van der Waals surface area contributed by atoms with E-state index in [0.717, 1.165) is 34.1 Å². The minimum atomic E-state index is 0.118. The van der Waals surface area contributed by atoms with Gasteiger partial charge in [0, 0.05) is 23.1 Å². The second kappa shape index (κ2) is 6.18. The van der Waals surface area contributed by atoms with Crippen LogP contribution in [0.1, 0.15) is 30.9 Å². The third-order valence-corrected chi connectivity index (χ3v) is 3.88. The Morgan fingerprint density at radius 3 is 2.50 bits per heavy atom. The summed E-state index contributed by atoms with van der Waals surface area (Å²) in [6.45, 7) is 4.97. The summed E-state index contributed by atoms with van der Waals surface area (Å²) in [7, 11) is 1.69. The minimum Gasteiger partial charge on any atom is -0.496 e. The zero-order valence-electron chi connectivity index (χ0n) is 13.1.